The molecule has 3 aromatic rings. The number of halogens is 1. The van der Waals surface area contributed by atoms with Crippen molar-refractivity contribution in [1.82, 2.24) is 4.98 Å². The first-order valence-electron chi connectivity index (χ1n) is 8.53. The first-order chi connectivity index (χ1) is 13.5. The van der Waals surface area contributed by atoms with E-state index < -0.39 is 0 Å². The van der Waals surface area contributed by atoms with Crippen LogP contribution >= 0.6 is 11.6 Å². The van der Waals surface area contributed by atoms with Crippen molar-refractivity contribution in [3.8, 4) is 11.5 Å². The molecule has 0 fully saturated rings. The van der Waals surface area contributed by atoms with E-state index in [2.05, 4.69) is 15.6 Å². The van der Waals surface area contributed by atoms with E-state index in [4.69, 9.17) is 21.1 Å². The predicted molar refractivity (Wildman–Crippen MR) is 111 cm³/mol. The molecule has 0 saturated heterocycles. The summed E-state index contributed by atoms with van der Waals surface area (Å²) in [6, 6.07) is 14.3. The van der Waals surface area contributed by atoms with Crippen molar-refractivity contribution in [2.45, 2.75) is 6.92 Å². The van der Waals surface area contributed by atoms with Gasteiger partial charge >= 0.3 is 0 Å². The zero-order valence-electron chi connectivity index (χ0n) is 15.7. The Kier molecular flexibility index (Phi) is 6.01. The van der Waals surface area contributed by atoms with Gasteiger partial charge in [0.2, 0.25) is 0 Å². The van der Waals surface area contributed by atoms with E-state index in [0.29, 0.717) is 33.6 Å². The molecule has 3 rings (SSSR count). The van der Waals surface area contributed by atoms with Crippen molar-refractivity contribution in [3.05, 3.63) is 70.9 Å². The van der Waals surface area contributed by atoms with Crippen LogP contribution in [0.2, 0.25) is 5.02 Å². The topological polar surface area (TPSA) is 72.5 Å². The summed E-state index contributed by atoms with van der Waals surface area (Å²) in [6.07, 6.45) is 1.56. The number of carbonyl (C=O) groups excluding carboxylic acids is 1. The second-order valence-corrected chi connectivity index (χ2v) is 6.47. The fourth-order valence-electron chi connectivity index (χ4n) is 2.58. The molecule has 0 atom stereocenters. The Hall–Kier alpha value is -3.25. The number of carbonyl (C=O) groups is 1. The number of benzene rings is 2. The molecule has 7 heteroatoms. The summed E-state index contributed by atoms with van der Waals surface area (Å²) in [6.45, 7) is 1.99. The van der Waals surface area contributed by atoms with Crippen LogP contribution < -0.4 is 20.1 Å². The lowest BCUT2D eigenvalue weighted by molar-refractivity contribution is 0.102. The molecular formula is C21H20ClN3O3. The average Bonchev–Trinajstić information content (AvgIpc) is 2.71. The predicted octanol–water partition coefficient (Wildman–Crippen LogP) is 5.06. The van der Waals surface area contributed by atoms with Gasteiger partial charge < -0.3 is 20.1 Å². The molecule has 1 aromatic heterocycles. The quantitative estimate of drug-likeness (QED) is 0.608. The summed E-state index contributed by atoms with van der Waals surface area (Å²) in [5, 5.41) is 6.44. The minimum Gasteiger partial charge on any atom is -0.495 e. The fraction of sp³-hybridized carbons (Fsp3) is 0.143. The highest BCUT2D eigenvalue weighted by Crippen LogP contribution is 2.37. The van der Waals surface area contributed by atoms with Crippen molar-refractivity contribution in [1.29, 1.82) is 0 Å². The van der Waals surface area contributed by atoms with Crippen LogP contribution in [0.5, 0.6) is 11.5 Å². The Bertz CT molecular complexity index is 991. The summed E-state index contributed by atoms with van der Waals surface area (Å²) in [5.41, 5.74) is 2.94. The van der Waals surface area contributed by atoms with E-state index in [0.717, 1.165) is 11.3 Å². The Morgan fingerprint density at radius 3 is 2.39 bits per heavy atom. The number of anilines is 3. The van der Waals surface area contributed by atoms with E-state index in [1.54, 1.807) is 37.6 Å². The van der Waals surface area contributed by atoms with Crippen LogP contribution in [0.15, 0.2) is 54.7 Å². The molecule has 0 radical (unpaired) electrons. The second-order valence-electron chi connectivity index (χ2n) is 6.06. The summed E-state index contributed by atoms with van der Waals surface area (Å²) >= 11 is 6.14. The molecule has 144 valence electrons. The number of aromatic nitrogens is 1. The number of ether oxygens (including phenoxy) is 2. The zero-order chi connectivity index (χ0) is 20.1. The molecule has 0 bridgehead atoms. The van der Waals surface area contributed by atoms with Crippen LogP contribution in [0.1, 0.15) is 15.9 Å². The molecule has 2 N–H and O–H groups in total. The maximum atomic E-state index is 12.5. The Balaban J connectivity index is 1.81. The number of hydrogen-bond donors (Lipinski definition) is 2. The maximum Gasteiger partial charge on any atom is 0.255 e. The minimum atomic E-state index is -0.227. The molecule has 2 aromatic carbocycles. The number of methoxy groups -OCH3 is 2. The molecule has 1 heterocycles. The van der Waals surface area contributed by atoms with Gasteiger partial charge in [-0.1, -0.05) is 29.3 Å². The van der Waals surface area contributed by atoms with Crippen molar-refractivity contribution >= 4 is 34.7 Å². The molecule has 28 heavy (non-hydrogen) atoms. The van der Waals surface area contributed by atoms with Crippen molar-refractivity contribution in [2.75, 3.05) is 24.9 Å². The highest BCUT2D eigenvalue weighted by molar-refractivity contribution is 6.32. The Labute approximate surface area is 168 Å². The van der Waals surface area contributed by atoms with Crippen molar-refractivity contribution in [3.63, 3.8) is 0 Å². The minimum absolute atomic E-state index is 0.227. The van der Waals surface area contributed by atoms with Gasteiger partial charge in [0.25, 0.3) is 5.91 Å². The van der Waals surface area contributed by atoms with Crippen molar-refractivity contribution in [2.24, 2.45) is 0 Å². The van der Waals surface area contributed by atoms with Gasteiger partial charge in [-0.25, -0.2) is 4.98 Å². The normalized spacial score (nSPS) is 10.3. The highest BCUT2D eigenvalue weighted by atomic mass is 35.5. The van der Waals surface area contributed by atoms with Gasteiger partial charge in [0, 0.05) is 29.6 Å². The van der Waals surface area contributed by atoms with E-state index in [9.17, 15) is 4.79 Å². The van der Waals surface area contributed by atoms with Crippen molar-refractivity contribution < 1.29 is 14.3 Å². The van der Waals surface area contributed by atoms with Gasteiger partial charge in [-0.15, -0.1) is 0 Å². The lowest BCUT2D eigenvalue weighted by atomic mass is 10.2. The lowest BCUT2D eigenvalue weighted by Gasteiger charge is -2.14. The monoisotopic (exact) mass is 397 g/mol. The van der Waals surface area contributed by atoms with Gasteiger partial charge in [-0.3, -0.25) is 4.79 Å². The van der Waals surface area contributed by atoms with Crippen LogP contribution in [0.25, 0.3) is 0 Å². The van der Waals surface area contributed by atoms with Crippen LogP contribution in [0, 0.1) is 6.92 Å². The summed E-state index contributed by atoms with van der Waals surface area (Å²) in [4.78, 5) is 16.8. The second kappa shape index (κ2) is 8.63. The molecule has 1 amide bonds. The molecule has 0 aliphatic carbocycles. The van der Waals surface area contributed by atoms with Crippen LogP contribution in [-0.4, -0.2) is 25.1 Å². The molecular weight excluding hydrogens is 378 g/mol. The number of hydrogen-bond acceptors (Lipinski definition) is 5. The molecule has 0 saturated carbocycles. The Morgan fingerprint density at radius 2 is 1.71 bits per heavy atom. The van der Waals surface area contributed by atoms with Gasteiger partial charge in [0.15, 0.2) is 0 Å². The number of nitrogens with one attached hydrogen (secondary N) is 2. The summed E-state index contributed by atoms with van der Waals surface area (Å²) < 4.78 is 10.6. The van der Waals surface area contributed by atoms with E-state index >= 15 is 0 Å². The maximum absolute atomic E-state index is 12.5. The van der Waals surface area contributed by atoms with Gasteiger partial charge in [-0.05, 0) is 31.2 Å². The first kappa shape index (κ1) is 19.5. The number of nitrogens with zero attached hydrogens (tertiary/aromatic N) is 1. The summed E-state index contributed by atoms with van der Waals surface area (Å²) in [7, 11) is 3.08. The van der Waals surface area contributed by atoms with Crippen LogP contribution in [-0.2, 0) is 0 Å². The third-order valence-corrected chi connectivity index (χ3v) is 4.36. The lowest BCUT2D eigenvalue weighted by Crippen LogP contribution is -2.12. The van der Waals surface area contributed by atoms with Gasteiger partial charge in [-0.2, -0.15) is 0 Å². The fourth-order valence-corrected chi connectivity index (χ4v) is 2.81. The van der Waals surface area contributed by atoms with Crippen LogP contribution in [0.4, 0.5) is 17.2 Å². The van der Waals surface area contributed by atoms with Gasteiger partial charge in [0.05, 0.1) is 24.9 Å². The smallest absolute Gasteiger partial charge is 0.255 e. The largest absolute Gasteiger partial charge is 0.495 e. The third-order valence-electron chi connectivity index (χ3n) is 4.07. The number of rotatable bonds is 6. The van der Waals surface area contributed by atoms with Crippen LogP contribution in [0.3, 0.4) is 0 Å². The zero-order valence-corrected chi connectivity index (χ0v) is 16.5. The number of pyridine rings is 1. The SMILES string of the molecule is COc1cc(Nc2cc(C(=O)Nc3ccc(C)cc3)ccn2)c(OC)cc1Cl. The molecule has 0 unspecified atom stereocenters. The van der Waals surface area contributed by atoms with E-state index in [1.165, 1.54) is 7.11 Å². The number of aryl methyl sites for hydroxylation is 1. The average molecular weight is 398 g/mol. The first-order valence-corrected chi connectivity index (χ1v) is 8.90. The standard InChI is InChI=1S/C21H20ClN3O3/c1-13-4-6-15(7-5-13)24-21(26)14-8-9-23-20(10-14)25-17-12-18(27-2)16(22)11-19(17)28-3/h4-12H,1-3H3,(H,23,25)(H,24,26). The molecule has 0 aliphatic heterocycles. The summed E-state index contributed by atoms with van der Waals surface area (Å²) in [5.74, 6) is 1.29. The van der Waals surface area contributed by atoms with E-state index in [-0.39, 0.29) is 5.91 Å². The van der Waals surface area contributed by atoms with Gasteiger partial charge in [0.1, 0.15) is 17.3 Å². The Morgan fingerprint density at radius 1 is 1.00 bits per heavy atom. The molecule has 6 nitrogen and oxygen atoms in total. The number of amides is 1. The van der Waals surface area contributed by atoms with E-state index in [1.807, 2.05) is 31.2 Å². The molecule has 0 spiro atoms. The highest BCUT2D eigenvalue weighted by Gasteiger charge is 2.12. The molecule has 0 aliphatic rings. The third kappa shape index (κ3) is 4.53.